The minimum absolute atomic E-state index is 0.0482. The van der Waals surface area contributed by atoms with Gasteiger partial charge in [-0.15, -0.1) is 0 Å². The van der Waals surface area contributed by atoms with E-state index in [0.29, 0.717) is 22.4 Å². The van der Waals surface area contributed by atoms with Crippen molar-refractivity contribution in [3.8, 4) is 16.9 Å². The molecule has 1 aliphatic heterocycles. The summed E-state index contributed by atoms with van der Waals surface area (Å²) in [5.74, 6) is -1.14. The zero-order valence-corrected chi connectivity index (χ0v) is 13.9. The molecule has 4 rings (SSSR count). The number of amides is 1. The van der Waals surface area contributed by atoms with E-state index in [0.717, 1.165) is 5.56 Å². The van der Waals surface area contributed by atoms with Crippen LogP contribution < -0.4 is 4.90 Å². The third-order valence-corrected chi connectivity index (χ3v) is 4.69. The topological polar surface area (TPSA) is 40.5 Å². The first-order chi connectivity index (χ1) is 12.5. The van der Waals surface area contributed by atoms with E-state index in [9.17, 15) is 18.7 Å². The van der Waals surface area contributed by atoms with Crippen LogP contribution in [0.1, 0.15) is 28.9 Å². The number of phenols is 1. The molecule has 0 aliphatic carbocycles. The first kappa shape index (κ1) is 16.3. The van der Waals surface area contributed by atoms with E-state index in [1.807, 2.05) is 0 Å². The molecule has 5 heteroatoms. The Bertz CT molecular complexity index is 1020. The van der Waals surface area contributed by atoms with Crippen LogP contribution in [0, 0.1) is 11.6 Å². The summed E-state index contributed by atoms with van der Waals surface area (Å²) in [4.78, 5) is 14.6. The maximum Gasteiger partial charge on any atom is 0.258 e. The molecule has 0 saturated carbocycles. The number of fused-ring (bicyclic) bond motifs is 3. The third-order valence-electron chi connectivity index (χ3n) is 4.69. The maximum atomic E-state index is 13.9. The Kier molecular flexibility index (Phi) is 3.72. The molecule has 1 heterocycles. The molecule has 130 valence electrons. The van der Waals surface area contributed by atoms with Gasteiger partial charge in [-0.2, -0.15) is 0 Å². The van der Waals surface area contributed by atoms with Crippen molar-refractivity contribution in [2.75, 3.05) is 4.90 Å². The van der Waals surface area contributed by atoms with Crippen molar-refractivity contribution in [3.63, 3.8) is 0 Å². The number of phenolic OH excluding ortho intramolecular Hbond substituents is 1. The smallest absolute Gasteiger partial charge is 0.258 e. The molecule has 0 spiro atoms. The molecule has 0 aromatic heterocycles. The monoisotopic (exact) mass is 351 g/mol. The third kappa shape index (κ3) is 2.52. The number of nitrogens with zero attached hydrogens (tertiary/aromatic N) is 1. The van der Waals surface area contributed by atoms with E-state index in [4.69, 9.17) is 0 Å². The zero-order chi connectivity index (χ0) is 18.4. The van der Waals surface area contributed by atoms with Gasteiger partial charge in [-0.25, -0.2) is 8.78 Å². The summed E-state index contributed by atoms with van der Waals surface area (Å²) in [6.07, 6.45) is 0. The van der Waals surface area contributed by atoms with Crippen molar-refractivity contribution < 1.29 is 18.7 Å². The number of carbonyl (C=O) groups is 1. The fourth-order valence-corrected chi connectivity index (χ4v) is 3.43. The van der Waals surface area contributed by atoms with Gasteiger partial charge >= 0.3 is 0 Å². The van der Waals surface area contributed by atoms with Gasteiger partial charge < -0.3 is 10.0 Å². The summed E-state index contributed by atoms with van der Waals surface area (Å²) >= 11 is 0. The average molecular weight is 351 g/mol. The standard InChI is InChI=1S/C21H15F2NO2/c1-12-19-10-14(22)4-8-17(19)18-9-5-15(23)11-20(18)24(12)21(26)13-2-6-16(25)7-3-13/h2-12,25H,1H3. The molecule has 1 atom stereocenters. The van der Waals surface area contributed by atoms with E-state index >= 15 is 0 Å². The highest BCUT2D eigenvalue weighted by atomic mass is 19.1. The molecular formula is C21H15F2NO2. The summed E-state index contributed by atoms with van der Waals surface area (Å²) in [5.41, 5.74) is 2.91. The lowest BCUT2D eigenvalue weighted by Crippen LogP contribution is -2.36. The van der Waals surface area contributed by atoms with Gasteiger partial charge in [0, 0.05) is 11.1 Å². The Hall–Kier alpha value is -3.21. The van der Waals surface area contributed by atoms with E-state index in [-0.39, 0.29) is 11.7 Å². The average Bonchev–Trinajstić information content (AvgIpc) is 2.62. The van der Waals surface area contributed by atoms with Crippen LogP contribution in [0.4, 0.5) is 14.5 Å². The number of halogens is 2. The lowest BCUT2D eigenvalue weighted by atomic mass is 9.88. The molecule has 3 aromatic rings. The van der Waals surface area contributed by atoms with E-state index in [2.05, 4.69) is 0 Å². The van der Waals surface area contributed by atoms with Gasteiger partial charge in [0.2, 0.25) is 0 Å². The van der Waals surface area contributed by atoms with E-state index in [1.54, 1.807) is 19.1 Å². The fourth-order valence-electron chi connectivity index (χ4n) is 3.43. The summed E-state index contributed by atoms with van der Waals surface area (Å²) < 4.78 is 27.7. The van der Waals surface area contributed by atoms with E-state index in [1.165, 1.54) is 53.4 Å². The molecule has 0 radical (unpaired) electrons. The van der Waals surface area contributed by atoms with Crippen molar-refractivity contribution in [2.24, 2.45) is 0 Å². The first-order valence-electron chi connectivity index (χ1n) is 8.17. The van der Waals surface area contributed by atoms with Crippen LogP contribution in [0.25, 0.3) is 11.1 Å². The minimum atomic E-state index is -0.476. The Morgan fingerprint density at radius 2 is 1.54 bits per heavy atom. The summed E-state index contributed by atoms with van der Waals surface area (Å²) in [6.45, 7) is 1.78. The van der Waals surface area contributed by atoms with Crippen LogP contribution in [0.5, 0.6) is 5.75 Å². The second kappa shape index (κ2) is 5.95. The van der Waals surface area contributed by atoms with Gasteiger partial charge in [-0.3, -0.25) is 4.79 Å². The van der Waals surface area contributed by atoms with Crippen molar-refractivity contribution in [3.05, 3.63) is 83.4 Å². The second-order valence-electron chi connectivity index (χ2n) is 6.29. The molecule has 0 bridgehead atoms. The summed E-state index contributed by atoms with van der Waals surface area (Å²) in [5, 5.41) is 9.44. The maximum absolute atomic E-state index is 13.9. The lowest BCUT2D eigenvalue weighted by Gasteiger charge is -2.37. The number of anilines is 1. The molecule has 1 aliphatic rings. The minimum Gasteiger partial charge on any atom is -0.508 e. The highest BCUT2D eigenvalue weighted by Crippen LogP contribution is 2.45. The normalized spacial score (nSPS) is 15.3. The highest BCUT2D eigenvalue weighted by molar-refractivity contribution is 6.10. The lowest BCUT2D eigenvalue weighted by molar-refractivity contribution is 0.0977. The highest BCUT2D eigenvalue weighted by Gasteiger charge is 2.33. The molecule has 26 heavy (non-hydrogen) atoms. The molecular weight excluding hydrogens is 336 g/mol. The number of carbonyl (C=O) groups excluding carboxylic acids is 1. The Morgan fingerprint density at radius 3 is 2.23 bits per heavy atom. The number of hydrogen-bond acceptors (Lipinski definition) is 2. The van der Waals surface area contributed by atoms with E-state index < -0.39 is 17.7 Å². The predicted octanol–water partition coefficient (Wildman–Crippen LogP) is 5.06. The quantitative estimate of drug-likeness (QED) is 0.666. The Morgan fingerprint density at radius 1 is 0.923 bits per heavy atom. The fraction of sp³-hybridized carbons (Fsp3) is 0.0952. The second-order valence-corrected chi connectivity index (χ2v) is 6.29. The molecule has 1 N–H and O–H groups in total. The first-order valence-corrected chi connectivity index (χ1v) is 8.17. The van der Waals surface area contributed by atoms with Crippen LogP contribution in [-0.2, 0) is 0 Å². The van der Waals surface area contributed by atoms with Gasteiger partial charge in [-0.05, 0) is 72.6 Å². The number of benzene rings is 3. The van der Waals surface area contributed by atoms with Crippen LogP contribution in [0.3, 0.4) is 0 Å². The van der Waals surface area contributed by atoms with Gasteiger partial charge in [0.15, 0.2) is 0 Å². The molecule has 1 unspecified atom stereocenters. The SMILES string of the molecule is CC1c2cc(F)ccc2-c2ccc(F)cc2N1C(=O)c1ccc(O)cc1. The zero-order valence-electron chi connectivity index (χ0n) is 13.9. The Balaban J connectivity index is 1.91. The molecule has 0 saturated heterocycles. The van der Waals surface area contributed by atoms with Gasteiger partial charge in [0.05, 0.1) is 11.7 Å². The number of hydrogen-bond donors (Lipinski definition) is 1. The predicted molar refractivity (Wildman–Crippen MR) is 95.1 cm³/mol. The molecule has 3 nitrogen and oxygen atoms in total. The molecule has 1 amide bonds. The largest absolute Gasteiger partial charge is 0.508 e. The van der Waals surface area contributed by atoms with Crippen LogP contribution in [0.2, 0.25) is 0 Å². The van der Waals surface area contributed by atoms with Crippen molar-refractivity contribution in [2.45, 2.75) is 13.0 Å². The number of rotatable bonds is 1. The Labute approximate surface area is 149 Å². The molecule has 0 fully saturated rings. The van der Waals surface area contributed by atoms with Crippen molar-refractivity contribution >= 4 is 11.6 Å². The molecule has 3 aromatic carbocycles. The van der Waals surface area contributed by atoms with Crippen LogP contribution in [-0.4, -0.2) is 11.0 Å². The van der Waals surface area contributed by atoms with Crippen LogP contribution >= 0.6 is 0 Å². The summed E-state index contributed by atoms with van der Waals surface area (Å²) in [7, 11) is 0. The van der Waals surface area contributed by atoms with Crippen molar-refractivity contribution in [1.29, 1.82) is 0 Å². The van der Waals surface area contributed by atoms with Crippen LogP contribution in [0.15, 0.2) is 60.7 Å². The van der Waals surface area contributed by atoms with Gasteiger partial charge in [0.1, 0.15) is 17.4 Å². The summed E-state index contributed by atoms with van der Waals surface area (Å²) in [6, 6.07) is 14.0. The number of aromatic hydroxyl groups is 1. The van der Waals surface area contributed by atoms with Crippen molar-refractivity contribution in [1.82, 2.24) is 0 Å². The van der Waals surface area contributed by atoms with Gasteiger partial charge in [0.25, 0.3) is 5.91 Å². The van der Waals surface area contributed by atoms with Gasteiger partial charge in [-0.1, -0.05) is 6.07 Å².